The molecule has 1 aromatic carbocycles. The summed E-state index contributed by atoms with van der Waals surface area (Å²) in [6.45, 7) is 2.01. The highest BCUT2D eigenvalue weighted by Crippen LogP contribution is 2.37. The lowest BCUT2D eigenvalue weighted by molar-refractivity contribution is 0.0663. The van der Waals surface area contributed by atoms with E-state index in [4.69, 9.17) is 21.1 Å². The fourth-order valence-electron chi connectivity index (χ4n) is 3.40. The van der Waals surface area contributed by atoms with Crippen LogP contribution in [0.2, 0.25) is 5.02 Å². The number of carbonyl (C=O) groups excluding carboxylic acids is 1. The van der Waals surface area contributed by atoms with Gasteiger partial charge in [-0.25, -0.2) is 4.79 Å². The molecular weight excluding hydrogens is 356 g/mol. The minimum absolute atomic E-state index is 0.143. The van der Waals surface area contributed by atoms with Gasteiger partial charge >= 0.3 is 6.03 Å². The van der Waals surface area contributed by atoms with Crippen molar-refractivity contribution in [2.45, 2.75) is 31.3 Å². The van der Waals surface area contributed by atoms with Gasteiger partial charge in [0.2, 0.25) is 0 Å². The Morgan fingerprint density at radius 3 is 2.88 bits per heavy atom. The summed E-state index contributed by atoms with van der Waals surface area (Å²) in [6, 6.07) is 7.26. The fourth-order valence-corrected chi connectivity index (χ4v) is 3.64. The molecule has 2 amide bonds. The summed E-state index contributed by atoms with van der Waals surface area (Å²) >= 11 is 6.18. The second-order valence-corrected chi connectivity index (χ2v) is 6.88. The van der Waals surface area contributed by atoms with Gasteiger partial charge in [0, 0.05) is 37.5 Å². The molecule has 2 aromatic rings. The summed E-state index contributed by atoms with van der Waals surface area (Å²) in [4.78, 5) is 12.4. The minimum Gasteiger partial charge on any atom is -0.492 e. The maximum Gasteiger partial charge on any atom is 0.320 e. The van der Waals surface area contributed by atoms with Crippen LogP contribution in [0.1, 0.15) is 36.9 Å². The average Bonchev–Trinajstić information content (AvgIpc) is 3.12. The van der Waals surface area contributed by atoms with Gasteiger partial charge < -0.3 is 14.8 Å². The summed E-state index contributed by atoms with van der Waals surface area (Å²) in [5.41, 5.74) is 0.895. The molecule has 26 heavy (non-hydrogen) atoms. The van der Waals surface area contributed by atoms with E-state index in [1.807, 2.05) is 29.1 Å². The Morgan fingerprint density at radius 1 is 1.19 bits per heavy atom. The number of benzene rings is 1. The molecule has 2 aliphatic rings. The molecule has 3 heterocycles. The Bertz CT molecular complexity index is 788. The number of nitrogens with zero attached hydrogens (tertiary/aromatic N) is 2. The summed E-state index contributed by atoms with van der Waals surface area (Å²) in [5, 5.41) is 10.8. The Labute approximate surface area is 156 Å². The number of nitrogens with one attached hydrogen (secondary N) is 2. The predicted octanol–water partition coefficient (Wildman–Crippen LogP) is 3.53. The summed E-state index contributed by atoms with van der Waals surface area (Å²) in [5.74, 6) is 1.18. The van der Waals surface area contributed by atoms with Crippen molar-refractivity contribution in [1.82, 2.24) is 15.1 Å². The van der Waals surface area contributed by atoms with Crippen LogP contribution >= 0.6 is 11.6 Å². The first-order chi connectivity index (χ1) is 12.7. The van der Waals surface area contributed by atoms with Gasteiger partial charge in [0.05, 0.1) is 23.7 Å². The monoisotopic (exact) mass is 376 g/mol. The van der Waals surface area contributed by atoms with E-state index in [1.54, 1.807) is 6.07 Å². The van der Waals surface area contributed by atoms with E-state index in [0.29, 0.717) is 35.7 Å². The van der Waals surface area contributed by atoms with Crippen LogP contribution in [0.5, 0.6) is 5.75 Å². The zero-order chi connectivity index (χ0) is 17.9. The van der Waals surface area contributed by atoms with Gasteiger partial charge in [-0.2, -0.15) is 5.10 Å². The number of anilines is 1. The van der Waals surface area contributed by atoms with Gasteiger partial charge in [-0.3, -0.25) is 10.00 Å². The van der Waals surface area contributed by atoms with E-state index in [2.05, 4.69) is 15.7 Å². The van der Waals surface area contributed by atoms with Crippen molar-refractivity contribution >= 4 is 23.4 Å². The molecule has 1 atom stereocenters. The lowest BCUT2D eigenvalue weighted by atomic mass is 10.0. The zero-order valence-corrected chi connectivity index (χ0v) is 15.0. The third-order valence-electron chi connectivity index (χ3n) is 4.75. The number of para-hydroxylation sites is 1. The minimum atomic E-state index is -0.292. The SMILES string of the molecule is O=C(Nc1ccn(C2CCOCC2)n1)N[C@H]1CCOc2c(Cl)cccc21. The topological polar surface area (TPSA) is 77.4 Å². The number of aromatic nitrogens is 2. The first kappa shape index (κ1) is 17.2. The molecule has 7 nitrogen and oxygen atoms in total. The Kier molecular flexibility index (Phi) is 4.99. The second-order valence-electron chi connectivity index (χ2n) is 6.47. The highest BCUT2D eigenvalue weighted by atomic mass is 35.5. The first-order valence-electron chi connectivity index (χ1n) is 8.82. The van der Waals surface area contributed by atoms with Crippen molar-refractivity contribution in [3.8, 4) is 5.75 Å². The van der Waals surface area contributed by atoms with Gasteiger partial charge in [0.1, 0.15) is 5.75 Å². The molecule has 1 aromatic heterocycles. The molecule has 8 heteroatoms. The van der Waals surface area contributed by atoms with Gasteiger partial charge in [-0.1, -0.05) is 23.7 Å². The molecule has 1 saturated heterocycles. The van der Waals surface area contributed by atoms with Crippen molar-refractivity contribution in [3.05, 3.63) is 41.0 Å². The van der Waals surface area contributed by atoms with E-state index < -0.39 is 0 Å². The molecule has 1 fully saturated rings. The Balaban J connectivity index is 1.39. The van der Waals surface area contributed by atoms with E-state index in [1.165, 1.54) is 0 Å². The third-order valence-corrected chi connectivity index (χ3v) is 5.04. The van der Waals surface area contributed by atoms with Crippen molar-refractivity contribution < 1.29 is 14.3 Å². The van der Waals surface area contributed by atoms with Gasteiger partial charge in [-0.15, -0.1) is 0 Å². The molecule has 0 aliphatic carbocycles. The van der Waals surface area contributed by atoms with Crippen LogP contribution in [0, 0.1) is 0 Å². The number of hydrogen-bond acceptors (Lipinski definition) is 4. The third kappa shape index (κ3) is 3.64. The van der Waals surface area contributed by atoms with Crippen LogP contribution in [0.4, 0.5) is 10.6 Å². The molecule has 0 bridgehead atoms. The van der Waals surface area contributed by atoms with Crippen LogP contribution in [0.25, 0.3) is 0 Å². The number of hydrogen-bond donors (Lipinski definition) is 2. The first-order valence-corrected chi connectivity index (χ1v) is 9.20. The normalized spacial score (nSPS) is 20.1. The van der Waals surface area contributed by atoms with Crippen molar-refractivity contribution in [1.29, 1.82) is 0 Å². The van der Waals surface area contributed by atoms with E-state index in [9.17, 15) is 4.79 Å². The van der Waals surface area contributed by atoms with Crippen molar-refractivity contribution in [3.63, 3.8) is 0 Å². The molecule has 2 N–H and O–H groups in total. The summed E-state index contributed by atoms with van der Waals surface area (Å²) in [7, 11) is 0. The number of ether oxygens (including phenoxy) is 2. The number of fused-ring (bicyclic) bond motifs is 1. The molecule has 0 saturated carbocycles. The smallest absolute Gasteiger partial charge is 0.320 e. The summed E-state index contributed by atoms with van der Waals surface area (Å²) in [6.07, 6.45) is 4.46. The van der Waals surface area contributed by atoms with Crippen molar-refractivity contribution in [2.75, 3.05) is 25.1 Å². The van der Waals surface area contributed by atoms with Crippen LogP contribution in [0.3, 0.4) is 0 Å². The average molecular weight is 377 g/mol. The van der Waals surface area contributed by atoms with E-state index in [0.717, 1.165) is 31.6 Å². The van der Waals surface area contributed by atoms with E-state index >= 15 is 0 Å². The highest BCUT2D eigenvalue weighted by Gasteiger charge is 2.25. The number of carbonyl (C=O) groups is 1. The second kappa shape index (κ2) is 7.55. The summed E-state index contributed by atoms with van der Waals surface area (Å²) < 4.78 is 12.9. The Hall–Kier alpha value is -2.25. The largest absolute Gasteiger partial charge is 0.492 e. The van der Waals surface area contributed by atoms with Crippen LogP contribution < -0.4 is 15.4 Å². The van der Waals surface area contributed by atoms with Crippen molar-refractivity contribution in [2.24, 2.45) is 0 Å². The quantitative estimate of drug-likeness (QED) is 0.859. The number of urea groups is 1. The van der Waals surface area contributed by atoms with Crippen LogP contribution in [0.15, 0.2) is 30.5 Å². The number of halogens is 1. The number of amides is 2. The van der Waals surface area contributed by atoms with Crippen LogP contribution in [-0.4, -0.2) is 35.6 Å². The van der Waals surface area contributed by atoms with Gasteiger partial charge in [0.15, 0.2) is 5.82 Å². The van der Waals surface area contributed by atoms with Crippen LogP contribution in [-0.2, 0) is 4.74 Å². The van der Waals surface area contributed by atoms with Gasteiger partial charge in [0.25, 0.3) is 0 Å². The van der Waals surface area contributed by atoms with Gasteiger partial charge in [-0.05, 0) is 18.9 Å². The molecule has 2 aliphatic heterocycles. The molecule has 0 unspecified atom stereocenters. The molecule has 4 rings (SSSR count). The zero-order valence-electron chi connectivity index (χ0n) is 14.3. The lowest BCUT2D eigenvalue weighted by Gasteiger charge is -2.27. The molecule has 0 spiro atoms. The maximum atomic E-state index is 12.4. The molecular formula is C18H21ClN4O3. The number of rotatable bonds is 3. The maximum absolute atomic E-state index is 12.4. The molecule has 138 valence electrons. The molecule has 0 radical (unpaired) electrons. The fraction of sp³-hybridized carbons (Fsp3) is 0.444. The lowest BCUT2D eigenvalue weighted by Crippen LogP contribution is -2.35. The Morgan fingerprint density at radius 2 is 2.04 bits per heavy atom. The van der Waals surface area contributed by atoms with E-state index in [-0.39, 0.29) is 12.1 Å². The predicted molar refractivity (Wildman–Crippen MR) is 97.8 cm³/mol. The standard InChI is InChI=1S/C18H21ClN4O3/c19-14-3-1-2-13-15(7-11-26-17(13)14)20-18(24)21-16-4-8-23(22-16)12-5-9-25-10-6-12/h1-4,8,12,15H,5-7,9-11H2,(H2,20,21,22,24)/t15-/m0/s1. The highest BCUT2D eigenvalue weighted by molar-refractivity contribution is 6.32.